The lowest BCUT2D eigenvalue weighted by atomic mass is 10.2. The highest BCUT2D eigenvalue weighted by Crippen LogP contribution is 2.30. The number of rotatable bonds is 3. The molecule has 0 radical (unpaired) electrons. The highest BCUT2D eigenvalue weighted by Gasteiger charge is 2.33. The maximum Gasteiger partial charge on any atom is 0.416 e. The third kappa shape index (κ3) is 3.80. The summed E-state index contributed by atoms with van der Waals surface area (Å²) in [7, 11) is -4.78. The van der Waals surface area contributed by atoms with Gasteiger partial charge in [0.05, 0.1) is 18.5 Å². The summed E-state index contributed by atoms with van der Waals surface area (Å²) in [6, 6.07) is 3.03. The van der Waals surface area contributed by atoms with Crippen molar-refractivity contribution in [3.05, 3.63) is 23.8 Å². The van der Waals surface area contributed by atoms with Gasteiger partial charge in [-0.1, -0.05) is 30.9 Å². The molecular formula is C11H16F3NO2SSi. The quantitative estimate of drug-likeness (QED) is 0.870. The van der Waals surface area contributed by atoms with Crippen LogP contribution in [0.15, 0.2) is 23.1 Å². The number of benzene rings is 1. The van der Waals surface area contributed by atoms with E-state index in [0.717, 1.165) is 6.07 Å². The smallest absolute Gasteiger partial charge is 0.214 e. The van der Waals surface area contributed by atoms with Gasteiger partial charge in [0, 0.05) is 0 Å². The van der Waals surface area contributed by atoms with Crippen molar-refractivity contribution in [2.24, 2.45) is 0 Å². The van der Waals surface area contributed by atoms with E-state index in [9.17, 15) is 21.6 Å². The predicted molar refractivity (Wildman–Crippen MR) is 70.7 cm³/mol. The summed E-state index contributed by atoms with van der Waals surface area (Å²) in [6.45, 7) is 5.58. The molecule has 3 nitrogen and oxygen atoms in total. The monoisotopic (exact) mass is 311 g/mol. The van der Waals surface area contributed by atoms with Crippen molar-refractivity contribution in [1.82, 2.24) is 4.72 Å². The van der Waals surface area contributed by atoms with Crippen molar-refractivity contribution in [2.75, 3.05) is 7.05 Å². The first kappa shape index (κ1) is 16.2. The van der Waals surface area contributed by atoms with E-state index in [-0.39, 0.29) is 4.90 Å². The van der Waals surface area contributed by atoms with Gasteiger partial charge in [-0.25, -0.2) is 13.1 Å². The predicted octanol–water partition coefficient (Wildman–Crippen LogP) is 2.16. The molecular weight excluding hydrogens is 295 g/mol. The van der Waals surface area contributed by atoms with E-state index in [0.29, 0.717) is 11.3 Å². The fourth-order valence-electron chi connectivity index (χ4n) is 1.47. The van der Waals surface area contributed by atoms with Crippen LogP contribution in [0.3, 0.4) is 0 Å². The number of hydrogen-bond donors (Lipinski definition) is 1. The molecule has 0 aliphatic heterocycles. The summed E-state index contributed by atoms with van der Waals surface area (Å²) in [5.74, 6) is 0. The molecule has 0 bridgehead atoms. The van der Waals surface area contributed by atoms with Crippen molar-refractivity contribution in [3.8, 4) is 0 Å². The summed E-state index contributed by atoms with van der Waals surface area (Å²) >= 11 is 0. The van der Waals surface area contributed by atoms with Crippen LogP contribution >= 0.6 is 0 Å². The molecule has 0 spiro atoms. The number of halogens is 3. The fraction of sp³-hybridized carbons (Fsp3) is 0.455. The molecule has 0 aliphatic rings. The van der Waals surface area contributed by atoms with Crippen LogP contribution in [0.1, 0.15) is 5.56 Å². The van der Waals surface area contributed by atoms with Gasteiger partial charge in [-0.2, -0.15) is 13.2 Å². The van der Waals surface area contributed by atoms with Gasteiger partial charge >= 0.3 is 6.18 Å². The number of alkyl halides is 3. The Hall–Kier alpha value is -0.863. The lowest BCUT2D eigenvalue weighted by Crippen LogP contribution is -2.39. The molecule has 1 N–H and O–H groups in total. The third-order valence-electron chi connectivity index (χ3n) is 2.68. The molecule has 108 valence electrons. The second kappa shape index (κ2) is 4.91. The Balaban J connectivity index is 3.60. The Labute approximate surface area is 111 Å². The zero-order chi connectivity index (χ0) is 15.1. The number of hydrogen-bond acceptors (Lipinski definition) is 2. The molecule has 0 saturated heterocycles. The molecule has 0 heterocycles. The van der Waals surface area contributed by atoms with Crippen molar-refractivity contribution in [1.29, 1.82) is 0 Å². The van der Waals surface area contributed by atoms with Crippen molar-refractivity contribution in [3.63, 3.8) is 0 Å². The van der Waals surface area contributed by atoms with Gasteiger partial charge in [-0.15, -0.1) is 0 Å². The van der Waals surface area contributed by atoms with E-state index >= 15 is 0 Å². The van der Waals surface area contributed by atoms with Crippen LogP contribution in [0, 0.1) is 0 Å². The first-order chi connectivity index (χ1) is 8.38. The van der Waals surface area contributed by atoms with E-state index in [1.165, 1.54) is 13.1 Å². The van der Waals surface area contributed by atoms with Gasteiger partial charge in [-0.05, 0) is 19.2 Å². The molecule has 0 saturated carbocycles. The summed E-state index contributed by atoms with van der Waals surface area (Å²) in [5.41, 5.74) is -0.929. The van der Waals surface area contributed by atoms with E-state index in [1.54, 1.807) is 0 Å². The summed E-state index contributed by atoms with van der Waals surface area (Å²) in [5, 5.41) is 0.455. The Morgan fingerprint density at radius 1 is 1.11 bits per heavy atom. The molecule has 0 amide bonds. The van der Waals surface area contributed by atoms with Crippen molar-refractivity contribution in [2.45, 2.75) is 30.7 Å². The lowest BCUT2D eigenvalue weighted by Gasteiger charge is -2.20. The molecule has 0 aliphatic carbocycles. The maximum absolute atomic E-state index is 12.8. The van der Waals surface area contributed by atoms with Crippen LogP contribution in [0.5, 0.6) is 0 Å². The largest absolute Gasteiger partial charge is 0.416 e. The first-order valence-electron chi connectivity index (χ1n) is 5.54. The lowest BCUT2D eigenvalue weighted by molar-refractivity contribution is -0.137. The molecule has 1 aromatic rings. The highest BCUT2D eigenvalue weighted by atomic mass is 32.2. The molecule has 0 fully saturated rings. The summed E-state index contributed by atoms with van der Waals surface area (Å²) in [4.78, 5) is -0.345. The molecule has 0 aromatic heterocycles. The molecule has 0 atom stereocenters. The Morgan fingerprint density at radius 2 is 1.63 bits per heavy atom. The first-order valence-corrected chi connectivity index (χ1v) is 10.5. The van der Waals surface area contributed by atoms with Crippen LogP contribution < -0.4 is 9.91 Å². The van der Waals surface area contributed by atoms with Crippen LogP contribution in [0.25, 0.3) is 0 Å². The van der Waals surface area contributed by atoms with Gasteiger partial charge in [0.2, 0.25) is 10.0 Å². The third-order valence-corrected chi connectivity index (χ3v) is 6.09. The van der Waals surface area contributed by atoms with E-state index in [1.807, 2.05) is 24.4 Å². The summed E-state index contributed by atoms with van der Waals surface area (Å²) in [6.07, 6.45) is -4.56. The standard InChI is InChI=1S/C11H16F3NO2SSi/c1-15-18(16,17)9-5-8(11(12,13)14)6-10(7-9)19(2,3)4/h5-7,15H,1-4H3. The Bertz CT molecular complexity index is 544. The number of sulfonamides is 1. The molecule has 8 heteroatoms. The van der Waals surface area contributed by atoms with Gasteiger partial charge in [0.15, 0.2) is 0 Å². The zero-order valence-electron chi connectivity index (χ0n) is 11.1. The van der Waals surface area contributed by atoms with Crippen LogP contribution in [0.4, 0.5) is 13.2 Å². The Morgan fingerprint density at radius 3 is 2.00 bits per heavy atom. The average Bonchev–Trinajstić information content (AvgIpc) is 2.26. The SMILES string of the molecule is CNS(=O)(=O)c1cc(C(F)(F)F)cc([Si](C)(C)C)c1. The van der Waals surface area contributed by atoms with Gasteiger partial charge in [0.25, 0.3) is 0 Å². The minimum atomic E-state index is -4.56. The van der Waals surface area contributed by atoms with Crippen LogP contribution in [-0.2, 0) is 16.2 Å². The van der Waals surface area contributed by atoms with Crippen molar-refractivity contribution < 1.29 is 21.6 Å². The van der Waals surface area contributed by atoms with Gasteiger partial charge < -0.3 is 0 Å². The highest BCUT2D eigenvalue weighted by molar-refractivity contribution is 7.89. The number of nitrogens with one attached hydrogen (secondary N) is 1. The summed E-state index contributed by atoms with van der Waals surface area (Å²) < 4.78 is 63.9. The second-order valence-corrected chi connectivity index (χ2v) is 12.2. The topological polar surface area (TPSA) is 46.2 Å². The Kier molecular flexibility index (Phi) is 4.19. The molecule has 0 unspecified atom stereocenters. The molecule has 1 aromatic carbocycles. The van der Waals surface area contributed by atoms with Crippen LogP contribution in [-0.4, -0.2) is 23.5 Å². The molecule has 19 heavy (non-hydrogen) atoms. The van der Waals surface area contributed by atoms with Crippen molar-refractivity contribution >= 4 is 23.3 Å². The normalized spacial score (nSPS) is 13.6. The fourth-order valence-corrected chi connectivity index (χ4v) is 3.55. The second-order valence-electron chi connectivity index (χ2n) is 5.20. The average molecular weight is 311 g/mol. The minimum Gasteiger partial charge on any atom is -0.214 e. The zero-order valence-corrected chi connectivity index (χ0v) is 12.9. The van der Waals surface area contributed by atoms with E-state index in [4.69, 9.17) is 0 Å². The van der Waals surface area contributed by atoms with E-state index < -0.39 is 29.8 Å². The molecule has 1 rings (SSSR count). The van der Waals surface area contributed by atoms with Gasteiger partial charge in [-0.3, -0.25) is 0 Å². The van der Waals surface area contributed by atoms with Gasteiger partial charge in [0.1, 0.15) is 0 Å². The van der Waals surface area contributed by atoms with Crippen LogP contribution in [0.2, 0.25) is 19.6 Å². The maximum atomic E-state index is 12.8. The van der Waals surface area contributed by atoms with E-state index in [2.05, 4.69) is 0 Å². The minimum absolute atomic E-state index is 0.345.